The molecule has 2 aromatic rings. The van der Waals surface area contributed by atoms with Crippen molar-refractivity contribution < 1.29 is 14.0 Å². The van der Waals surface area contributed by atoms with E-state index in [1.54, 1.807) is 17.0 Å². The molecule has 2 amide bonds. The third-order valence-corrected chi connectivity index (χ3v) is 4.28. The van der Waals surface area contributed by atoms with Crippen LogP contribution in [0.4, 0.5) is 4.39 Å². The molecule has 0 aliphatic rings. The van der Waals surface area contributed by atoms with Crippen LogP contribution < -0.4 is 5.32 Å². The lowest BCUT2D eigenvalue weighted by Gasteiger charge is -2.31. The summed E-state index contributed by atoms with van der Waals surface area (Å²) >= 11 is 0. The van der Waals surface area contributed by atoms with Gasteiger partial charge in [-0.15, -0.1) is 0 Å². The van der Waals surface area contributed by atoms with Gasteiger partial charge < -0.3 is 10.2 Å². The minimum atomic E-state index is -0.555. The third-order valence-electron chi connectivity index (χ3n) is 4.28. The van der Waals surface area contributed by atoms with Crippen molar-refractivity contribution in [2.24, 2.45) is 0 Å². The molecule has 0 spiro atoms. The van der Waals surface area contributed by atoms with Crippen LogP contribution in [0, 0.1) is 5.82 Å². The summed E-state index contributed by atoms with van der Waals surface area (Å²) in [6.07, 6.45) is 0.638. The quantitative estimate of drug-likeness (QED) is 0.770. The summed E-state index contributed by atoms with van der Waals surface area (Å²) in [5.41, 5.74) is 1.68. The Morgan fingerprint density at radius 3 is 2.19 bits per heavy atom. The summed E-state index contributed by atoms with van der Waals surface area (Å²) in [5.74, 6) is -0.651. The second kappa shape index (κ2) is 9.86. The Bertz CT molecular complexity index is 745. The number of rotatable bonds is 8. The number of carbonyl (C=O) groups excluding carboxylic acids is 2. The standard InChI is InChI=1S/C22H27FN2O2/c1-4-20(22(27)24-16(2)3)25(15-18-8-6-5-7-9-18)21(26)14-17-10-12-19(23)13-11-17/h5-13,16,20H,4,14-15H2,1-3H3,(H,24,27)/t20-/m0/s1. The molecule has 2 aromatic carbocycles. The molecule has 0 unspecified atom stereocenters. The molecule has 0 aromatic heterocycles. The molecule has 0 fully saturated rings. The van der Waals surface area contributed by atoms with Crippen molar-refractivity contribution in [2.45, 2.75) is 52.2 Å². The van der Waals surface area contributed by atoms with E-state index in [2.05, 4.69) is 5.32 Å². The largest absolute Gasteiger partial charge is 0.352 e. The molecule has 0 aliphatic carbocycles. The van der Waals surface area contributed by atoms with Gasteiger partial charge in [-0.1, -0.05) is 49.4 Å². The van der Waals surface area contributed by atoms with E-state index in [1.165, 1.54) is 12.1 Å². The highest BCUT2D eigenvalue weighted by atomic mass is 19.1. The number of hydrogen-bond acceptors (Lipinski definition) is 2. The highest BCUT2D eigenvalue weighted by Gasteiger charge is 2.28. The monoisotopic (exact) mass is 370 g/mol. The van der Waals surface area contributed by atoms with E-state index in [9.17, 15) is 14.0 Å². The minimum absolute atomic E-state index is 0.00248. The van der Waals surface area contributed by atoms with E-state index in [-0.39, 0.29) is 30.1 Å². The average molecular weight is 370 g/mol. The molecule has 27 heavy (non-hydrogen) atoms. The zero-order valence-corrected chi connectivity index (χ0v) is 16.1. The fourth-order valence-electron chi connectivity index (χ4n) is 2.96. The van der Waals surface area contributed by atoms with Gasteiger partial charge in [0.1, 0.15) is 11.9 Å². The van der Waals surface area contributed by atoms with Gasteiger partial charge in [-0.05, 0) is 43.5 Å². The predicted octanol–water partition coefficient (Wildman–Crippen LogP) is 3.70. The lowest BCUT2D eigenvalue weighted by atomic mass is 10.1. The maximum atomic E-state index is 13.1. The Morgan fingerprint density at radius 2 is 1.63 bits per heavy atom. The van der Waals surface area contributed by atoms with Crippen LogP contribution in [0.1, 0.15) is 38.3 Å². The van der Waals surface area contributed by atoms with Crippen LogP contribution >= 0.6 is 0 Å². The summed E-state index contributed by atoms with van der Waals surface area (Å²) in [7, 11) is 0. The van der Waals surface area contributed by atoms with Crippen molar-refractivity contribution in [1.29, 1.82) is 0 Å². The second-order valence-corrected chi connectivity index (χ2v) is 6.90. The molecular weight excluding hydrogens is 343 g/mol. The number of hydrogen-bond donors (Lipinski definition) is 1. The first-order chi connectivity index (χ1) is 12.9. The highest BCUT2D eigenvalue weighted by Crippen LogP contribution is 2.15. The zero-order chi connectivity index (χ0) is 19.8. The van der Waals surface area contributed by atoms with Gasteiger partial charge in [0.15, 0.2) is 0 Å². The van der Waals surface area contributed by atoms with E-state index in [1.807, 2.05) is 51.1 Å². The van der Waals surface area contributed by atoms with Gasteiger partial charge in [-0.2, -0.15) is 0 Å². The first kappa shape index (κ1) is 20.6. The Morgan fingerprint density at radius 1 is 1.00 bits per heavy atom. The molecule has 144 valence electrons. The van der Waals surface area contributed by atoms with Crippen LogP contribution in [0.25, 0.3) is 0 Å². The maximum absolute atomic E-state index is 13.1. The van der Waals surface area contributed by atoms with Crippen molar-refractivity contribution >= 4 is 11.8 Å². The predicted molar refractivity (Wildman–Crippen MR) is 104 cm³/mol. The molecule has 0 radical (unpaired) electrons. The summed E-state index contributed by atoms with van der Waals surface area (Å²) < 4.78 is 13.1. The Balaban J connectivity index is 2.25. The first-order valence-corrected chi connectivity index (χ1v) is 9.29. The van der Waals surface area contributed by atoms with Crippen molar-refractivity contribution in [2.75, 3.05) is 0 Å². The van der Waals surface area contributed by atoms with Crippen LogP contribution in [0.3, 0.4) is 0 Å². The number of carbonyl (C=O) groups is 2. The number of benzene rings is 2. The molecular formula is C22H27FN2O2. The van der Waals surface area contributed by atoms with E-state index < -0.39 is 6.04 Å². The fourth-order valence-corrected chi connectivity index (χ4v) is 2.96. The summed E-state index contributed by atoms with van der Waals surface area (Å²) in [4.78, 5) is 27.3. The Kier molecular flexibility index (Phi) is 7.53. The minimum Gasteiger partial charge on any atom is -0.352 e. The summed E-state index contributed by atoms with van der Waals surface area (Å²) in [6.45, 7) is 6.04. The van der Waals surface area contributed by atoms with E-state index in [4.69, 9.17) is 0 Å². The zero-order valence-electron chi connectivity index (χ0n) is 16.1. The van der Waals surface area contributed by atoms with Gasteiger partial charge in [-0.25, -0.2) is 4.39 Å². The van der Waals surface area contributed by atoms with Gasteiger partial charge >= 0.3 is 0 Å². The summed E-state index contributed by atoms with van der Waals surface area (Å²) in [5, 5.41) is 2.90. The third kappa shape index (κ3) is 6.20. The van der Waals surface area contributed by atoms with Gasteiger partial charge in [0, 0.05) is 12.6 Å². The molecule has 0 aliphatic heterocycles. The van der Waals surface area contributed by atoms with E-state index in [0.717, 1.165) is 11.1 Å². The Hall–Kier alpha value is -2.69. The van der Waals surface area contributed by atoms with Crippen molar-refractivity contribution in [3.8, 4) is 0 Å². The van der Waals surface area contributed by atoms with Crippen molar-refractivity contribution in [3.63, 3.8) is 0 Å². The van der Waals surface area contributed by atoms with Crippen LogP contribution in [-0.4, -0.2) is 28.8 Å². The molecule has 1 atom stereocenters. The molecule has 5 heteroatoms. The molecule has 0 saturated heterocycles. The summed E-state index contributed by atoms with van der Waals surface area (Å²) in [6, 6.07) is 14.9. The Labute approximate surface area is 160 Å². The number of nitrogens with zero attached hydrogens (tertiary/aromatic N) is 1. The second-order valence-electron chi connectivity index (χ2n) is 6.90. The number of halogens is 1. The van der Waals surface area contributed by atoms with Crippen LogP contribution in [0.15, 0.2) is 54.6 Å². The highest BCUT2D eigenvalue weighted by molar-refractivity contribution is 5.88. The lowest BCUT2D eigenvalue weighted by molar-refractivity contribution is -0.141. The topological polar surface area (TPSA) is 49.4 Å². The maximum Gasteiger partial charge on any atom is 0.243 e. The van der Waals surface area contributed by atoms with Crippen molar-refractivity contribution in [1.82, 2.24) is 10.2 Å². The molecule has 0 bridgehead atoms. The van der Waals surface area contributed by atoms with Gasteiger partial charge in [-0.3, -0.25) is 9.59 Å². The van der Waals surface area contributed by atoms with E-state index >= 15 is 0 Å². The average Bonchev–Trinajstić information content (AvgIpc) is 2.63. The molecule has 1 N–H and O–H groups in total. The van der Waals surface area contributed by atoms with Crippen molar-refractivity contribution in [3.05, 3.63) is 71.5 Å². The SMILES string of the molecule is CC[C@@H](C(=O)NC(C)C)N(Cc1ccccc1)C(=O)Cc1ccc(F)cc1. The molecule has 4 nitrogen and oxygen atoms in total. The lowest BCUT2D eigenvalue weighted by Crippen LogP contribution is -2.50. The fraction of sp³-hybridized carbons (Fsp3) is 0.364. The first-order valence-electron chi connectivity index (χ1n) is 9.29. The molecule has 0 saturated carbocycles. The van der Waals surface area contributed by atoms with Gasteiger partial charge in [0.25, 0.3) is 0 Å². The van der Waals surface area contributed by atoms with E-state index in [0.29, 0.717) is 13.0 Å². The van der Waals surface area contributed by atoms with Crippen LogP contribution in [0.2, 0.25) is 0 Å². The number of amides is 2. The van der Waals surface area contributed by atoms with Crippen LogP contribution in [0.5, 0.6) is 0 Å². The normalized spacial score (nSPS) is 11.9. The van der Waals surface area contributed by atoms with Gasteiger partial charge in [0.2, 0.25) is 11.8 Å². The molecule has 0 heterocycles. The van der Waals surface area contributed by atoms with Gasteiger partial charge in [0.05, 0.1) is 6.42 Å². The molecule has 2 rings (SSSR count). The van der Waals surface area contributed by atoms with Crippen LogP contribution in [-0.2, 0) is 22.6 Å². The number of nitrogens with one attached hydrogen (secondary N) is 1. The smallest absolute Gasteiger partial charge is 0.243 e.